The number of carbonyl (C=O) groups is 3. The van der Waals surface area contributed by atoms with Crippen LogP contribution in [-0.2, 0) is 19.1 Å². The number of esters is 1. The lowest BCUT2D eigenvalue weighted by atomic mass is 9.39. The molecule has 15 N–H and O–H groups in total. The van der Waals surface area contributed by atoms with Crippen molar-refractivity contribution in [2.75, 3.05) is 31.3 Å². The second-order valence-electron chi connectivity index (χ2n) is 29.2. The van der Waals surface area contributed by atoms with Crippen LogP contribution in [0, 0.1) is 99.6 Å². The fraction of sp³-hybridized carbons (Fsp3) is 0.710. The maximum atomic E-state index is 16.8. The first kappa shape index (κ1) is 64.7. The number of aliphatic hydroxyl groups excluding tert-OH is 5. The molecule has 3 heterocycles. The van der Waals surface area contributed by atoms with E-state index >= 15 is 14.7 Å². The largest absolute Gasteiger partial charge is 0.508 e. The topological polar surface area (TPSA) is 335 Å². The number of hydrogen-bond donors (Lipinski definition) is 13. The number of carbonyl (C=O) groups excluding carboxylic acids is 3. The number of aromatic nitrogens is 1. The van der Waals surface area contributed by atoms with E-state index in [1.54, 1.807) is 37.4 Å². The summed E-state index contributed by atoms with van der Waals surface area (Å²) in [5.41, 5.74) is 8.82. The molecule has 5 saturated carbocycles. The van der Waals surface area contributed by atoms with Crippen molar-refractivity contribution in [1.29, 1.82) is 0 Å². The number of ether oxygens (including phenoxy) is 1. The third kappa shape index (κ3) is 11.4. The van der Waals surface area contributed by atoms with Crippen molar-refractivity contribution in [2.45, 2.75) is 183 Å². The number of cyclic esters (lactones) is 1. The molecule has 2 bridgehead atoms. The number of H-pyrrole nitrogens is 1. The van der Waals surface area contributed by atoms with Gasteiger partial charge in [0.2, 0.25) is 0 Å². The van der Waals surface area contributed by atoms with Crippen LogP contribution in [0.5, 0.6) is 5.75 Å². The molecule has 89 heavy (non-hydrogen) atoms. The fourth-order valence-corrected chi connectivity index (χ4v) is 23.7. The van der Waals surface area contributed by atoms with E-state index in [9.17, 15) is 45.6 Å². The molecule has 18 nitrogen and oxygen atoms in total. The number of phenols is 1. The molecular weight excluding hydrogens is 1170 g/mol. The van der Waals surface area contributed by atoms with Gasteiger partial charge < -0.3 is 72.5 Å². The van der Waals surface area contributed by atoms with Crippen LogP contribution in [-0.4, -0.2) is 148 Å². The third-order valence-corrected chi connectivity index (χ3v) is 27.3. The molecule has 10 aliphatic rings. The molecule has 7 fully saturated rings. The molecule has 2 aromatic rings. The van der Waals surface area contributed by atoms with Crippen molar-refractivity contribution in [3.8, 4) is 17.6 Å². The Morgan fingerprint density at radius 2 is 1.67 bits per heavy atom. The number of rotatable bonds is 9. The number of ketones is 2. The highest BCUT2D eigenvalue weighted by Gasteiger charge is 2.76. The SMILES string of the molecule is CC1CCC2=CCC3C(C(O)O)CC(O)C(C)(O)C4C(CC#CC(C5COC(=O)C5c5cc[nH]c5)CC3C2C1)CC1(O)C2=C3NC(CO)C(=O)CC(c5ccc(O)cc5)CSSCC5C(O)C(O)CC(C6CCCCC6)(C2CCC41CCN=C(N)N)C5C3=O. The number of nitrogens with one attached hydrogen (secondary N) is 2. The maximum Gasteiger partial charge on any atom is 0.313 e. The fourth-order valence-electron chi connectivity index (χ4n) is 20.9. The Hall–Kier alpha value is -4.40. The molecule has 0 spiro atoms. The minimum atomic E-state index is -2.11. The summed E-state index contributed by atoms with van der Waals surface area (Å²) in [6, 6.07) is 7.21. The number of aromatic hydroxyl groups is 1. The molecule has 8 aliphatic carbocycles. The minimum Gasteiger partial charge on any atom is -0.508 e. The number of guanidine groups is 1. The highest BCUT2D eigenvalue weighted by Crippen LogP contribution is 2.75. The van der Waals surface area contributed by atoms with Gasteiger partial charge in [-0.3, -0.25) is 19.4 Å². The Labute approximate surface area is 530 Å². The summed E-state index contributed by atoms with van der Waals surface area (Å²) >= 11 is 0. The van der Waals surface area contributed by atoms with Gasteiger partial charge in [0, 0.05) is 90.1 Å². The number of aliphatic hydroxyl groups is 8. The van der Waals surface area contributed by atoms with E-state index in [-0.39, 0.29) is 123 Å². The van der Waals surface area contributed by atoms with E-state index in [1.165, 1.54) is 27.2 Å². The number of allylic oxidation sites excluding steroid dienone is 3. The number of fused-ring (bicyclic) bond motifs is 10. The number of aromatic amines is 1. The molecule has 0 amide bonds. The van der Waals surface area contributed by atoms with Gasteiger partial charge in [-0.15, -0.1) is 5.92 Å². The van der Waals surface area contributed by atoms with E-state index in [4.69, 9.17) is 16.2 Å². The zero-order valence-corrected chi connectivity index (χ0v) is 53.1. The second-order valence-corrected chi connectivity index (χ2v) is 31.7. The summed E-state index contributed by atoms with van der Waals surface area (Å²) in [5.74, 6) is -0.207. The predicted octanol–water partition coefficient (Wildman–Crippen LogP) is 6.09. The van der Waals surface area contributed by atoms with Crippen LogP contribution in [0.1, 0.15) is 152 Å². The predicted molar refractivity (Wildman–Crippen MR) is 339 cm³/mol. The van der Waals surface area contributed by atoms with Gasteiger partial charge >= 0.3 is 5.97 Å². The Morgan fingerprint density at radius 3 is 2.39 bits per heavy atom. The summed E-state index contributed by atoms with van der Waals surface area (Å²) in [7, 11) is 3.01. The van der Waals surface area contributed by atoms with Crippen LogP contribution in [0.15, 0.2) is 70.6 Å². The molecule has 20 heteroatoms. The minimum absolute atomic E-state index is 0.0166. The Morgan fingerprint density at radius 1 is 0.910 bits per heavy atom. The average molecular weight is 1270 g/mol. The standard InChI is InChI=1S/C69H95N5O13S2/c1-36-11-12-38-15-18-45-47(46(38)25-36)26-39(49-33-87-64(84)56(49)41-20-23-72-31-41)7-6-8-40-29-69(86)58-51(19-21-67(69,22-24-73-65(70)71)62(40)66(2,85)55(79)28-48(45)63(82)83)68(43-9-4-3-5-10-43)30-54(78)60(80)50-35-89-88-34-42(37-13-16-44(76)17-14-37)27-53(77)52(32-75)74-59(58)61(81)57(50)68/h13-17,20,23,31,36,39-40,42-43,45-52,54-57,60,62-63,72,74-76,78-80,82-83,85-86H,3-5,8-12,18-19,21-22,24-30,32-35H2,1-2H3,(H4,70,71,73). The first-order valence-electron chi connectivity index (χ1n) is 33.2. The van der Waals surface area contributed by atoms with E-state index in [2.05, 4.69) is 40.1 Å². The van der Waals surface area contributed by atoms with Crippen molar-refractivity contribution in [1.82, 2.24) is 10.3 Å². The second kappa shape index (κ2) is 25.8. The zero-order chi connectivity index (χ0) is 62.9. The zero-order valence-electron chi connectivity index (χ0n) is 51.5. The normalized spacial score (nSPS) is 43.0. The quantitative estimate of drug-likeness (QED) is 0.0257. The summed E-state index contributed by atoms with van der Waals surface area (Å²) in [6.45, 7) is 3.21. The lowest BCUT2D eigenvalue weighted by Crippen LogP contribution is -2.69. The summed E-state index contributed by atoms with van der Waals surface area (Å²) in [6.07, 6.45) is 8.25. The summed E-state index contributed by atoms with van der Waals surface area (Å²) < 4.78 is 5.95. The summed E-state index contributed by atoms with van der Waals surface area (Å²) in [5, 5.41) is 116. The first-order chi connectivity index (χ1) is 42.6. The van der Waals surface area contributed by atoms with Crippen LogP contribution < -0.4 is 16.8 Å². The Balaban J connectivity index is 1.06. The van der Waals surface area contributed by atoms with E-state index in [0.29, 0.717) is 36.5 Å². The molecule has 0 radical (unpaired) electrons. The van der Waals surface area contributed by atoms with Gasteiger partial charge in [-0.05, 0) is 172 Å². The lowest BCUT2D eigenvalue weighted by molar-refractivity contribution is -0.208. The summed E-state index contributed by atoms with van der Waals surface area (Å²) in [4.78, 5) is 53.6. The van der Waals surface area contributed by atoms with Crippen molar-refractivity contribution >= 4 is 45.1 Å². The van der Waals surface area contributed by atoms with Gasteiger partial charge in [-0.2, -0.15) is 0 Å². The van der Waals surface area contributed by atoms with Crippen molar-refractivity contribution < 1.29 is 65.1 Å². The molecule has 22 unspecified atom stereocenters. The van der Waals surface area contributed by atoms with E-state index in [0.717, 1.165) is 62.5 Å². The number of Topliss-reactive ketones (excluding diaryl/α,β-unsaturated/α-hetero) is 2. The van der Waals surface area contributed by atoms with Gasteiger partial charge in [-0.1, -0.05) is 77.5 Å². The molecular formula is C69H95N5O13S2. The van der Waals surface area contributed by atoms with Crippen molar-refractivity contribution in [3.63, 3.8) is 0 Å². The highest BCUT2D eigenvalue weighted by atomic mass is 33.1. The molecule has 486 valence electrons. The maximum absolute atomic E-state index is 16.8. The van der Waals surface area contributed by atoms with Crippen LogP contribution >= 0.6 is 21.6 Å². The van der Waals surface area contributed by atoms with Gasteiger partial charge in [0.05, 0.1) is 54.3 Å². The lowest BCUT2D eigenvalue weighted by Gasteiger charge is -2.66. The number of benzene rings is 1. The van der Waals surface area contributed by atoms with Crippen LogP contribution in [0.3, 0.4) is 0 Å². The number of nitrogens with two attached hydrogens (primary N) is 2. The first-order valence-corrected chi connectivity index (χ1v) is 35.7. The van der Waals surface area contributed by atoms with Gasteiger partial charge in [0.1, 0.15) is 11.8 Å². The van der Waals surface area contributed by atoms with E-state index < -0.39 is 118 Å². The van der Waals surface area contributed by atoms with Crippen LogP contribution in [0.4, 0.5) is 0 Å². The smallest absolute Gasteiger partial charge is 0.313 e. The van der Waals surface area contributed by atoms with Crippen molar-refractivity contribution in [2.24, 2.45) is 104 Å². The molecule has 22 atom stereocenters. The number of phenolic OH excluding ortho intramolecular Hbond substituents is 1. The average Bonchev–Trinajstić information content (AvgIpc) is 1.64. The number of hydrogen-bond acceptors (Lipinski definition) is 17. The molecule has 12 rings (SSSR count). The van der Waals surface area contributed by atoms with E-state index in [1.807, 2.05) is 12.3 Å². The molecule has 1 aromatic heterocycles. The van der Waals surface area contributed by atoms with Crippen molar-refractivity contribution in [3.05, 3.63) is 76.8 Å². The number of aliphatic imine (C=N–C) groups is 1. The highest BCUT2D eigenvalue weighted by molar-refractivity contribution is 8.76. The number of nitrogens with zero attached hydrogens (tertiary/aromatic N) is 1. The molecule has 2 saturated heterocycles. The third-order valence-electron chi connectivity index (χ3n) is 24.8. The van der Waals surface area contributed by atoms with Gasteiger partial charge in [0.15, 0.2) is 23.8 Å². The van der Waals surface area contributed by atoms with Gasteiger partial charge in [-0.25, -0.2) is 0 Å². The van der Waals surface area contributed by atoms with Crippen LogP contribution in [0.25, 0.3) is 0 Å². The van der Waals surface area contributed by atoms with Crippen LogP contribution in [0.2, 0.25) is 0 Å². The van der Waals surface area contributed by atoms with Gasteiger partial charge in [0.25, 0.3) is 0 Å². The monoisotopic (exact) mass is 1270 g/mol. The molecule has 1 aromatic carbocycles. The Bertz CT molecular complexity index is 3080. The Kier molecular flexibility index (Phi) is 18.8. The molecule has 2 aliphatic heterocycles.